The molecule has 0 saturated carbocycles. The molecular formula is C22H23N3O3S2. The van der Waals surface area contributed by atoms with Crippen LogP contribution in [0.25, 0.3) is 0 Å². The molecule has 0 aliphatic carbocycles. The molecule has 0 unspecified atom stereocenters. The van der Waals surface area contributed by atoms with E-state index in [0.29, 0.717) is 24.5 Å². The minimum absolute atomic E-state index is 0.228. The number of hydrogen-bond acceptors (Lipinski definition) is 6. The Morgan fingerprint density at radius 1 is 1.00 bits per heavy atom. The van der Waals surface area contributed by atoms with E-state index >= 15 is 0 Å². The van der Waals surface area contributed by atoms with Gasteiger partial charge in [0, 0.05) is 24.4 Å². The van der Waals surface area contributed by atoms with Crippen molar-refractivity contribution in [2.45, 2.75) is 12.5 Å². The Bertz CT molecular complexity index is 967. The maximum atomic E-state index is 13.2. The molecule has 0 spiro atoms. The highest BCUT2D eigenvalue weighted by Gasteiger charge is 2.24. The number of thiophene rings is 2. The predicted octanol–water partition coefficient (Wildman–Crippen LogP) is 3.63. The van der Waals surface area contributed by atoms with E-state index in [4.69, 9.17) is 4.74 Å². The Balaban J connectivity index is 1.52. The second kappa shape index (κ2) is 9.88. The van der Waals surface area contributed by atoms with Crippen LogP contribution in [0, 0.1) is 0 Å². The summed E-state index contributed by atoms with van der Waals surface area (Å²) in [6, 6.07) is 14.6. The smallest absolute Gasteiger partial charge is 0.262 e. The lowest BCUT2D eigenvalue weighted by molar-refractivity contribution is -0.117. The van der Waals surface area contributed by atoms with E-state index in [1.54, 1.807) is 17.4 Å². The second-order valence-electron chi connectivity index (χ2n) is 6.89. The van der Waals surface area contributed by atoms with Gasteiger partial charge in [-0.05, 0) is 35.0 Å². The zero-order chi connectivity index (χ0) is 20.8. The third-order valence-corrected chi connectivity index (χ3v) is 6.63. The number of benzene rings is 1. The molecule has 30 heavy (non-hydrogen) atoms. The standard InChI is InChI=1S/C22H23N3O3S2/c26-21(23-17-6-1-2-7-19(17)25-9-11-28-12-10-25)18(15-16-5-3-13-29-16)24-22(27)20-8-4-14-30-20/h1-8,13-14,18H,9-12,15H2,(H,23,26)(H,24,27)/t18-/m1/s1. The fourth-order valence-corrected chi connectivity index (χ4v) is 4.73. The predicted molar refractivity (Wildman–Crippen MR) is 122 cm³/mol. The van der Waals surface area contributed by atoms with E-state index < -0.39 is 6.04 Å². The Morgan fingerprint density at radius 3 is 2.50 bits per heavy atom. The summed E-state index contributed by atoms with van der Waals surface area (Å²) >= 11 is 2.93. The van der Waals surface area contributed by atoms with Crippen molar-refractivity contribution in [3.8, 4) is 0 Å². The normalized spacial score (nSPS) is 14.9. The summed E-state index contributed by atoms with van der Waals surface area (Å²) in [5.74, 6) is -0.461. The summed E-state index contributed by atoms with van der Waals surface area (Å²) in [6.07, 6.45) is 0.445. The SMILES string of the molecule is O=C(N[C@H](Cc1cccs1)C(=O)Nc1ccccc1N1CCOCC1)c1cccs1. The molecule has 2 aromatic heterocycles. The van der Waals surface area contributed by atoms with Gasteiger partial charge in [0.15, 0.2) is 0 Å². The first-order valence-electron chi connectivity index (χ1n) is 9.80. The van der Waals surface area contributed by atoms with Crippen LogP contribution in [0.15, 0.2) is 59.3 Å². The number of rotatable bonds is 7. The number of anilines is 2. The van der Waals surface area contributed by atoms with E-state index in [1.165, 1.54) is 11.3 Å². The van der Waals surface area contributed by atoms with Crippen LogP contribution in [0.3, 0.4) is 0 Å². The first-order chi connectivity index (χ1) is 14.7. The largest absolute Gasteiger partial charge is 0.378 e. The molecule has 2 amide bonds. The third-order valence-electron chi connectivity index (χ3n) is 4.87. The van der Waals surface area contributed by atoms with Gasteiger partial charge < -0.3 is 20.3 Å². The number of para-hydroxylation sites is 2. The molecular weight excluding hydrogens is 418 g/mol. The number of amides is 2. The highest BCUT2D eigenvalue weighted by molar-refractivity contribution is 7.12. The van der Waals surface area contributed by atoms with Crippen LogP contribution in [-0.4, -0.2) is 44.2 Å². The van der Waals surface area contributed by atoms with Gasteiger partial charge in [-0.1, -0.05) is 24.3 Å². The maximum absolute atomic E-state index is 13.2. The van der Waals surface area contributed by atoms with Gasteiger partial charge >= 0.3 is 0 Å². The number of carbonyl (C=O) groups excluding carboxylic acids is 2. The molecule has 1 aliphatic heterocycles. The van der Waals surface area contributed by atoms with E-state index in [9.17, 15) is 9.59 Å². The van der Waals surface area contributed by atoms with Gasteiger partial charge in [0.05, 0.1) is 29.5 Å². The van der Waals surface area contributed by atoms with Crippen LogP contribution in [0.5, 0.6) is 0 Å². The zero-order valence-corrected chi connectivity index (χ0v) is 18.0. The van der Waals surface area contributed by atoms with Crippen molar-refractivity contribution >= 4 is 45.9 Å². The zero-order valence-electron chi connectivity index (χ0n) is 16.4. The van der Waals surface area contributed by atoms with E-state index in [-0.39, 0.29) is 11.8 Å². The van der Waals surface area contributed by atoms with Crippen LogP contribution in [0.2, 0.25) is 0 Å². The average Bonchev–Trinajstić information content (AvgIpc) is 3.49. The fourth-order valence-electron chi connectivity index (χ4n) is 3.36. The first kappa shape index (κ1) is 20.6. The van der Waals surface area contributed by atoms with Gasteiger partial charge in [-0.3, -0.25) is 9.59 Å². The van der Waals surface area contributed by atoms with Gasteiger partial charge in [-0.25, -0.2) is 0 Å². The number of hydrogen-bond donors (Lipinski definition) is 2. The van der Waals surface area contributed by atoms with Gasteiger partial charge in [-0.15, -0.1) is 22.7 Å². The summed E-state index contributed by atoms with van der Waals surface area (Å²) in [4.78, 5) is 29.7. The molecule has 1 atom stereocenters. The molecule has 6 nitrogen and oxygen atoms in total. The number of ether oxygens (including phenoxy) is 1. The van der Waals surface area contributed by atoms with Crippen LogP contribution < -0.4 is 15.5 Å². The van der Waals surface area contributed by atoms with Crippen molar-refractivity contribution in [2.24, 2.45) is 0 Å². The van der Waals surface area contributed by atoms with Gasteiger partial charge in [-0.2, -0.15) is 0 Å². The lowest BCUT2D eigenvalue weighted by Gasteiger charge is -2.30. The Morgan fingerprint density at radius 2 is 1.77 bits per heavy atom. The monoisotopic (exact) mass is 441 g/mol. The molecule has 0 bridgehead atoms. The van der Waals surface area contributed by atoms with Crippen molar-refractivity contribution in [1.82, 2.24) is 5.32 Å². The molecule has 8 heteroatoms. The molecule has 156 valence electrons. The third kappa shape index (κ3) is 5.08. The fraction of sp³-hybridized carbons (Fsp3) is 0.273. The van der Waals surface area contributed by atoms with Crippen LogP contribution in [0.1, 0.15) is 14.5 Å². The minimum atomic E-state index is -0.670. The van der Waals surface area contributed by atoms with E-state index in [1.807, 2.05) is 53.2 Å². The summed E-state index contributed by atoms with van der Waals surface area (Å²) in [6.45, 7) is 2.89. The highest BCUT2D eigenvalue weighted by Crippen LogP contribution is 2.27. The molecule has 0 radical (unpaired) electrons. The number of morpholine rings is 1. The van der Waals surface area contributed by atoms with Crippen LogP contribution in [0.4, 0.5) is 11.4 Å². The topological polar surface area (TPSA) is 70.7 Å². The van der Waals surface area contributed by atoms with E-state index in [0.717, 1.165) is 29.3 Å². The van der Waals surface area contributed by atoms with Gasteiger partial charge in [0.25, 0.3) is 5.91 Å². The summed E-state index contributed by atoms with van der Waals surface area (Å²) in [7, 11) is 0. The van der Waals surface area contributed by atoms with Crippen molar-refractivity contribution in [1.29, 1.82) is 0 Å². The van der Waals surface area contributed by atoms with Gasteiger partial charge in [0.1, 0.15) is 6.04 Å². The highest BCUT2D eigenvalue weighted by atomic mass is 32.1. The molecule has 1 fully saturated rings. The summed E-state index contributed by atoms with van der Waals surface area (Å²) in [5.41, 5.74) is 1.71. The molecule has 1 saturated heterocycles. The quantitative estimate of drug-likeness (QED) is 0.588. The first-order valence-corrected chi connectivity index (χ1v) is 11.6. The van der Waals surface area contributed by atoms with E-state index in [2.05, 4.69) is 15.5 Å². The van der Waals surface area contributed by atoms with Crippen molar-refractivity contribution in [3.05, 3.63) is 69.0 Å². The molecule has 1 aromatic carbocycles. The Kier molecular flexibility index (Phi) is 6.78. The van der Waals surface area contributed by atoms with Crippen molar-refractivity contribution in [2.75, 3.05) is 36.5 Å². The van der Waals surface area contributed by atoms with Crippen molar-refractivity contribution < 1.29 is 14.3 Å². The molecule has 3 heterocycles. The molecule has 2 N–H and O–H groups in total. The molecule has 3 aromatic rings. The van der Waals surface area contributed by atoms with Crippen LogP contribution >= 0.6 is 22.7 Å². The Labute approximate surface area is 183 Å². The summed E-state index contributed by atoms with van der Waals surface area (Å²) in [5, 5.41) is 9.77. The summed E-state index contributed by atoms with van der Waals surface area (Å²) < 4.78 is 5.44. The lowest BCUT2D eigenvalue weighted by Crippen LogP contribution is -2.45. The second-order valence-corrected chi connectivity index (χ2v) is 8.87. The number of carbonyl (C=O) groups is 2. The van der Waals surface area contributed by atoms with Crippen LogP contribution in [-0.2, 0) is 16.0 Å². The molecule has 4 rings (SSSR count). The number of nitrogens with one attached hydrogen (secondary N) is 2. The minimum Gasteiger partial charge on any atom is -0.378 e. The van der Waals surface area contributed by atoms with Gasteiger partial charge in [0.2, 0.25) is 5.91 Å². The Hall–Kier alpha value is -2.68. The number of nitrogens with zero attached hydrogens (tertiary/aromatic N) is 1. The lowest BCUT2D eigenvalue weighted by atomic mass is 10.1. The average molecular weight is 442 g/mol. The van der Waals surface area contributed by atoms with Crippen molar-refractivity contribution in [3.63, 3.8) is 0 Å². The maximum Gasteiger partial charge on any atom is 0.262 e. The molecule has 1 aliphatic rings.